The summed E-state index contributed by atoms with van der Waals surface area (Å²) in [5, 5.41) is 2.59. The molecule has 0 spiro atoms. The van der Waals surface area contributed by atoms with E-state index in [-0.39, 0.29) is 5.92 Å². The van der Waals surface area contributed by atoms with Crippen molar-refractivity contribution in [2.45, 2.75) is 74.7 Å². The van der Waals surface area contributed by atoms with Crippen LogP contribution in [-0.4, -0.2) is 4.57 Å². The largest absolute Gasteiger partial charge is 0.309 e. The van der Waals surface area contributed by atoms with Gasteiger partial charge in [0.05, 0.1) is 11.0 Å². The predicted octanol–water partition coefficient (Wildman–Crippen LogP) is 16.3. The van der Waals surface area contributed by atoms with E-state index < -0.39 is 0 Å². The number of benzene rings is 4. The van der Waals surface area contributed by atoms with Crippen LogP contribution in [0, 0.1) is 6.92 Å². The number of hydrogen-bond acceptors (Lipinski definition) is 0. The highest BCUT2D eigenvalue weighted by Crippen LogP contribution is 2.37. The third kappa shape index (κ3) is 12.3. The zero-order chi connectivity index (χ0) is 40.9. The standard InChI is InChI=1S/C39H35N.C8H12.C6H10.C2H6/c1-5-6-7-14-32-25-31-15-8-9-17-34(31)29(4)35(32)22-20-28(3)30-21-23-39-37(26-30)36-18-10-11-19-38(36)40(39)33-16-12-13-27(2)24-33;1-4-5-6-7-8(2)3;1-3-5-6-4-2;1-2/h5-24,26,28H,1,25H2,2-4H3;4-7H,2H2,1,3H3;3-6H,1-2H3;1-2H3/b7-6-,22-20-,32-14+;5-4-,7-6-;5-3-,6-4-;. The van der Waals surface area contributed by atoms with Gasteiger partial charge in [-0.3, -0.25) is 0 Å². The molecule has 1 atom stereocenters. The molecule has 288 valence electrons. The second kappa shape index (κ2) is 23.8. The second-order valence-electron chi connectivity index (χ2n) is 13.6. The van der Waals surface area contributed by atoms with Crippen molar-refractivity contribution < 1.29 is 0 Å². The van der Waals surface area contributed by atoms with Gasteiger partial charge < -0.3 is 4.57 Å². The van der Waals surface area contributed by atoms with Crippen molar-refractivity contribution in [3.05, 3.63) is 228 Å². The normalized spacial score (nSPS) is 14.1. The summed E-state index contributed by atoms with van der Waals surface area (Å²) in [6.45, 7) is 26.2. The van der Waals surface area contributed by atoms with Crippen LogP contribution in [0.15, 0.2) is 206 Å². The van der Waals surface area contributed by atoms with Gasteiger partial charge in [0.25, 0.3) is 0 Å². The van der Waals surface area contributed by atoms with Crippen molar-refractivity contribution in [2.24, 2.45) is 0 Å². The molecule has 0 saturated carbocycles. The Hall–Kier alpha value is -5.92. The van der Waals surface area contributed by atoms with Crippen LogP contribution in [0.2, 0.25) is 0 Å². The van der Waals surface area contributed by atoms with Crippen LogP contribution in [-0.2, 0) is 6.42 Å². The first-order chi connectivity index (χ1) is 27.2. The van der Waals surface area contributed by atoms with Crippen LogP contribution in [0.3, 0.4) is 0 Å². The smallest absolute Gasteiger partial charge is 0.0541 e. The quantitative estimate of drug-likeness (QED) is 0.133. The van der Waals surface area contributed by atoms with Crippen LogP contribution >= 0.6 is 0 Å². The molecule has 0 fully saturated rings. The minimum Gasteiger partial charge on any atom is -0.309 e. The molecule has 1 aromatic heterocycles. The van der Waals surface area contributed by atoms with Gasteiger partial charge in [-0.1, -0.05) is 185 Å². The van der Waals surface area contributed by atoms with Gasteiger partial charge in [0.2, 0.25) is 0 Å². The minimum atomic E-state index is 0.271. The SMILES string of the molecule is C/C=C\C=C/C.C=C(C)/C=C\C=C/C.C=C/C=C\C=C1/Cc2ccccc2C(C)=C1/C=C\C(C)c1ccc2c(c1)c1ccccc1n2-c1cccc(C)c1.CC. The number of rotatable bonds is 9. The molecule has 6 rings (SSSR count). The zero-order valence-electron chi connectivity index (χ0n) is 35.4. The Bertz CT molecular complexity index is 2290. The van der Waals surface area contributed by atoms with E-state index in [0.717, 1.165) is 12.0 Å². The monoisotopic (exact) mass is 737 g/mol. The average molecular weight is 738 g/mol. The van der Waals surface area contributed by atoms with Gasteiger partial charge in [0.1, 0.15) is 0 Å². The maximum absolute atomic E-state index is 3.83. The van der Waals surface area contributed by atoms with Crippen molar-refractivity contribution in [3.63, 3.8) is 0 Å². The van der Waals surface area contributed by atoms with E-state index in [1.807, 2.05) is 102 Å². The first kappa shape index (κ1) is 44.5. The summed E-state index contributed by atoms with van der Waals surface area (Å²) in [7, 11) is 0. The van der Waals surface area contributed by atoms with Crippen LogP contribution < -0.4 is 0 Å². The van der Waals surface area contributed by atoms with E-state index in [1.54, 1.807) is 0 Å². The van der Waals surface area contributed by atoms with Gasteiger partial charge in [-0.15, -0.1) is 0 Å². The van der Waals surface area contributed by atoms with Crippen LogP contribution in [0.5, 0.6) is 0 Å². The lowest BCUT2D eigenvalue weighted by Gasteiger charge is -2.22. The van der Waals surface area contributed by atoms with Gasteiger partial charge in [-0.25, -0.2) is 0 Å². The van der Waals surface area contributed by atoms with Gasteiger partial charge in [0.15, 0.2) is 0 Å². The second-order valence-corrected chi connectivity index (χ2v) is 13.6. The molecular weight excluding hydrogens is 675 g/mol. The molecular formula is C55H63N. The number of hydrogen-bond donors (Lipinski definition) is 0. The van der Waals surface area contributed by atoms with Crippen LogP contribution in [0.4, 0.5) is 0 Å². The lowest BCUT2D eigenvalue weighted by atomic mass is 9.82. The molecule has 1 nitrogen and oxygen atoms in total. The van der Waals surface area contributed by atoms with Crippen molar-refractivity contribution >= 4 is 27.4 Å². The number of aryl methyl sites for hydroxylation is 1. The summed E-state index contributed by atoms with van der Waals surface area (Å²) in [5.41, 5.74) is 14.1. The van der Waals surface area contributed by atoms with Gasteiger partial charge in [-0.2, -0.15) is 0 Å². The Kier molecular flexibility index (Phi) is 18.9. The molecule has 56 heavy (non-hydrogen) atoms. The van der Waals surface area contributed by atoms with E-state index in [4.69, 9.17) is 0 Å². The van der Waals surface area contributed by atoms with E-state index in [1.165, 1.54) is 66.5 Å². The molecule has 0 amide bonds. The number of fused-ring (bicyclic) bond motifs is 4. The Morgan fingerprint density at radius 2 is 1.38 bits per heavy atom. The lowest BCUT2D eigenvalue weighted by molar-refractivity contribution is 0.967. The molecule has 4 aromatic carbocycles. The molecule has 0 aliphatic heterocycles. The third-order valence-electron chi connectivity index (χ3n) is 9.31. The van der Waals surface area contributed by atoms with Gasteiger partial charge in [-0.05, 0) is 123 Å². The Labute approximate surface area is 339 Å². The highest BCUT2D eigenvalue weighted by molar-refractivity contribution is 6.09. The number of para-hydroxylation sites is 1. The molecule has 0 saturated heterocycles. The van der Waals surface area contributed by atoms with Gasteiger partial charge in [0, 0.05) is 16.5 Å². The van der Waals surface area contributed by atoms with Gasteiger partial charge >= 0.3 is 0 Å². The molecule has 0 radical (unpaired) electrons. The first-order valence-electron chi connectivity index (χ1n) is 20.0. The Balaban J connectivity index is 0.000000446. The fourth-order valence-electron chi connectivity index (χ4n) is 6.58. The summed E-state index contributed by atoms with van der Waals surface area (Å²) in [6, 6.07) is 33.3. The van der Waals surface area contributed by atoms with Crippen molar-refractivity contribution in [1.29, 1.82) is 0 Å². The fraction of sp³-hybridized carbons (Fsp3) is 0.200. The summed E-state index contributed by atoms with van der Waals surface area (Å²) >= 11 is 0. The van der Waals surface area contributed by atoms with Crippen molar-refractivity contribution in [2.75, 3.05) is 0 Å². The topological polar surface area (TPSA) is 4.93 Å². The first-order valence-corrected chi connectivity index (χ1v) is 20.0. The number of nitrogens with zero attached hydrogens (tertiary/aromatic N) is 1. The minimum absolute atomic E-state index is 0.271. The highest BCUT2D eigenvalue weighted by Gasteiger charge is 2.19. The fourth-order valence-corrected chi connectivity index (χ4v) is 6.58. The van der Waals surface area contributed by atoms with Crippen molar-refractivity contribution in [1.82, 2.24) is 4.57 Å². The van der Waals surface area contributed by atoms with E-state index in [0.29, 0.717) is 0 Å². The zero-order valence-corrected chi connectivity index (χ0v) is 35.4. The summed E-state index contributed by atoms with van der Waals surface area (Å²) in [4.78, 5) is 0. The molecule has 1 unspecified atom stereocenters. The van der Waals surface area contributed by atoms with Crippen LogP contribution in [0.1, 0.15) is 83.6 Å². The number of allylic oxidation sites excluding steroid dienone is 18. The van der Waals surface area contributed by atoms with Crippen molar-refractivity contribution in [3.8, 4) is 5.69 Å². The maximum atomic E-state index is 3.83. The Morgan fingerprint density at radius 1 is 0.714 bits per heavy atom. The molecule has 1 aliphatic carbocycles. The third-order valence-corrected chi connectivity index (χ3v) is 9.31. The molecule has 0 bridgehead atoms. The number of aromatic nitrogens is 1. The molecule has 1 heteroatoms. The summed E-state index contributed by atoms with van der Waals surface area (Å²) < 4.78 is 2.39. The molecule has 0 N–H and O–H groups in total. The highest BCUT2D eigenvalue weighted by atomic mass is 15.0. The van der Waals surface area contributed by atoms with E-state index >= 15 is 0 Å². The average Bonchev–Trinajstić information content (AvgIpc) is 3.55. The summed E-state index contributed by atoms with van der Waals surface area (Å²) in [5.74, 6) is 0.271. The Morgan fingerprint density at radius 3 is 2.05 bits per heavy atom. The van der Waals surface area contributed by atoms with E-state index in [9.17, 15) is 0 Å². The maximum Gasteiger partial charge on any atom is 0.0541 e. The lowest BCUT2D eigenvalue weighted by Crippen LogP contribution is -2.06. The van der Waals surface area contributed by atoms with Crippen LogP contribution in [0.25, 0.3) is 33.1 Å². The molecule has 1 heterocycles. The summed E-state index contributed by atoms with van der Waals surface area (Å²) in [6.07, 6.45) is 29.7. The molecule has 1 aliphatic rings. The molecule has 5 aromatic rings. The van der Waals surface area contributed by atoms with E-state index in [2.05, 4.69) is 154 Å². The predicted molar refractivity (Wildman–Crippen MR) is 253 cm³/mol.